The van der Waals surface area contributed by atoms with Gasteiger partial charge in [0.1, 0.15) is 29.8 Å². The Kier molecular flexibility index (Phi) is 7.49. The van der Waals surface area contributed by atoms with E-state index in [1.807, 2.05) is 46.7 Å². The van der Waals surface area contributed by atoms with Gasteiger partial charge in [0, 0.05) is 36.4 Å². The molecule has 0 amide bonds. The van der Waals surface area contributed by atoms with E-state index in [-0.39, 0.29) is 18.6 Å². The number of halogens is 1. The van der Waals surface area contributed by atoms with Gasteiger partial charge in [-0.3, -0.25) is 0 Å². The molecule has 38 heavy (non-hydrogen) atoms. The number of anilines is 1. The van der Waals surface area contributed by atoms with Gasteiger partial charge in [0.25, 0.3) is 0 Å². The molecule has 3 heterocycles. The maximum atomic E-state index is 15.5. The van der Waals surface area contributed by atoms with Crippen molar-refractivity contribution in [2.24, 2.45) is 0 Å². The van der Waals surface area contributed by atoms with E-state index >= 15 is 4.39 Å². The summed E-state index contributed by atoms with van der Waals surface area (Å²) in [6.07, 6.45) is 5.67. The van der Waals surface area contributed by atoms with Crippen molar-refractivity contribution in [3.8, 4) is 0 Å². The number of benzene rings is 2. The largest absolute Gasteiger partial charge is 0.467 e. The molecule has 4 unspecified atom stereocenters. The molecule has 2 saturated heterocycles. The Balaban J connectivity index is 1.37. The molecule has 0 radical (unpaired) electrons. The molecule has 202 valence electrons. The number of ether oxygens (including phenoxy) is 1. The summed E-state index contributed by atoms with van der Waals surface area (Å²) in [7, 11) is -2.34. The van der Waals surface area contributed by atoms with Crippen LogP contribution in [0.25, 0.3) is 0 Å². The van der Waals surface area contributed by atoms with E-state index in [0.717, 1.165) is 12.0 Å². The average Bonchev–Trinajstić information content (AvgIpc) is 3.46. The van der Waals surface area contributed by atoms with Gasteiger partial charge in [-0.25, -0.2) is 17.6 Å². The molecule has 0 N–H and O–H groups in total. The number of carbonyl (C=O) groups excluding carboxylic acids is 1. The van der Waals surface area contributed by atoms with Crippen molar-refractivity contribution in [1.82, 2.24) is 19.1 Å². The highest BCUT2D eigenvalue weighted by Gasteiger charge is 2.41. The van der Waals surface area contributed by atoms with Gasteiger partial charge in [-0.05, 0) is 50.3 Å². The Morgan fingerprint density at radius 2 is 1.82 bits per heavy atom. The van der Waals surface area contributed by atoms with Gasteiger partial charge >= 0.3 is 5.97 Å². The smallest absolute Gasteiger partial charge is 0.328 e. The fraction of sp³-hybridized carbons (Fsp3) is 0.444. The standard InChI is InChI=1S/C27H32FN5O4S/c1-19-8-11-26(20-6-4-3-5-7-20)38(35,36)33(19)16-21-9-10-23(14-24(21)28)32-13-12-22(31-17-29-30-18-31)15-25(32)27(34)37-2/h3-7,9-10,14,17-19,22,25-26H,8,11-13,15-16H2,1-2H3. The summed E-state index contributed by atoms with van der Waals surface area (Å²) < 4.78 is 51.0. The van der Waals surface area contributed by atoms with E-state index in [1.165, 1.54) is 17.5 Å². The second-order valence-corrected chi connectivity index (χ2v) is 12.1. The first-order chi connectivity index (χ1) is 18.3. The van der Waals surface area contributed by atoms with E-state index in [9.17, 15) is 13.2 Å². The number of hydrogen-bond acceptors (Lipinski definition) is 7. The summed E-state index contributed by atoms with van der Waals surface area (Å²) in [6.45, 7) is 2.33. The van der Waals surface area contributed by atoms with Crippen LogP contribution in [0.4, 0.5) is 10.1 Å². The topological polar surface area (TPSA) is 97.6 Å². The molecular formula is C27H32FN5O4S. The van der Waals surface area contributed by atoms with Crippen molar-refractivity contribution in [2.45, 2.75) is 62.5 Å². The van der Waals surface area contributed by atoms with Crippen molar-refractivity contribution in [2.75, 3.05) is 18.6 Å². The van der Waals surface area contributed by atoms with Crippen molar-refractivity contribution in [3.63, 3.8) is 0 Å². The molecule has 11 heteroatoms. The molecule has 2 fully saturated rings. The lowest BCUT2D eigenvalue weighted by Crippen LogP contribution is -2.48. The monoisotopic (exact) mass is 541 g/mol. The molecule has 2 aliphatic heterocycles. The summed E-state index contributed by atoms with van der Waals surface area (Å²) in [5, 5.41) is 7.07. The summed E-state index contributed by atoms with van der Waals surface area (Å²) in [5.74, 6) is -0.899. The first-order valence-corrected chi connectivity index (χ1v) is 14.3. The third-order valence-electron chi connectivity index (χ3n) is 7.80. The average molecular weight is 542 g/mol. The molecule has 1 aromatic heterocycles. The zero-order valence-electron chi connectivity index (χ0n) is 21.5. The van der Waals surface area contributed by atoms with Crippen LogP contribution in [0.5, 0.6) is 0 Å². The predicted molar refractivity (Wildman–Crippen MR) is 140 cm³/mol. The minimum atomic E-state index is -3.68. The van der Waals surface area contributed by atoms with Crippen LogP contribution in [-0.4, -0.2) is 59.2 Å². The van der Waals surface area contributed by atoms with Gasteiger partial charge in [0.05, 0.1) is 7.11 Å². The van der Waals surface area contributed by atoms with Crippen molar-refractivity contribution in [3.05, 3.63) is 78.1 Å². The Hall–Kier alpha value is -3.31. The van der Waals surface area contributed by atoms with Crippen LogP contribution in [-0.2, 0) is 26.1 Å². The van der Waals surface area contributed by atoms with Crippen molar-refractivity contribution in [1.29, 1.82) is 0 Å². The summed E-state index contributed by atoms with van der Waals surface area (Å²) >= 11 is 0. The molecule has 9 nitrogen and oxygen atoms in total. The number of methoxy groups -OCH3 is 1. The zero-order chi connectivity index (χ0) is 26.9. The zero-order valence-corrected chi connectivity index (χ0v) is 22.3. The van der Waals surface area contributed by atoms with Gasteiger partial charge in [0.15, 0.2) is 0 Å². The predicted octanol–water partition coefficient (Wildman–Crippen LogP) is 3.86. The van der Waals surface area contributed by atoms with E-state index in [1.54, 1.807) is 24.8 Å². The second-order valence-electron chi connectivity index (χ2n) is 10.0. The Bertz CT molecular complexity index is 1370. The summed E-state index contributed by atoms with van der Waals surface area (Å²) in [4.78, 5) is 14.5. The lowest BCUT2D eigenvalue weighted by Gasteiger charge is -2.40. The van der Waals surface area contributed by atoms with Crippen LogP contribution in [0.2, 0.25) is 0 Å². The molecule has 0 aliphatic carbocycles. The van der Waals surface area contributed by atoms with Crippen molar-refractivity contribution < 1.29 is 22.3 Å². The number of piperidine rings is 1. The maximum Gasteiger partial charge on any atom is 0.328 e. The Morgan fingerprint density at radius 1 is 1.08 bits per heavy atom. The number of carbonyl (C=O) groups is 1. The molecular weight excluding hydrogens is 509 g/mol. The van der Waals surface area contributed by atoms with Crippen LogP contribution < -0.4 is 4.90 Å². The lowest BCUT2D eigenvalue weighted by molar-refractivity contribution is -0.143. The van der Waals surface area contributed by atoms with Gasteiger partial charge in [-0.2, -0.15) is 4.31 Å². The number of nitrogens with zero attached hydrogens (tertiary/aromatic N) is 5. The van der Waals surface area contributed by atoms with E-state index < -0.39 is 33.1 Å². The number of sulfonamides is 1. The first-order valence-electron chi connectivity index (χ1n) is 12.8. The molecule has 3 aromatic rings. The Labute approximate surface area is 222 Å². The van der Waals surface area contributed by atoms with E-state index in [4.69, 9.17) is 4.74 Å². The summed E-state index contributed by atoms with van der Waals surface area (Å²) in [6, 6.07) is 13.1. The maximum absolute atomic E-state index is 15.5. The quantitative estimate of drug-likeness (QED) is 0.437. The van der Waals surface area contributed by atoms with Crippen LogP contribution in [0.3, 0.4) is 0 Å². The fourth-order valence-electron chi connectivity index (χ4n) is 5.65. The first kappa shape index (κ1) is 26.3. The van der Waals surface area contributed by atoms with Crippen LogP contribution in [0.15, 0.2) is 61.2 Å². The highest BCUT2D eigenvalue weighted by Crippen LogP contribution is 2.39. The van der Waals surface area contributed by atoms with Crippen LogP contribution in [0, 0.1) is 5.82 Å². The lowest BCUT2D eigenvalue weighted by atomic mass is 9.96. The molecule has 5 rings (SSSR count). The highest BCUT2D eigenvalue weighted by molar-refractivity contribution is 7.89. The van der Waals surface area contributed by atoms with Gasteiger partial charge in [-0.15, -0.1) is 10.2 Å². The number of rotatable bonds is 6. The normalized spacial score (nSPS) is 25.7. The Morgan fingerprint density at radius 3 is 2.50 bits per heavy atom. The third kappa shape index (κ3) is 5.04. The van der Waals surface area contributed by atoms with Crippen molar-refractivity contribution >= 4 is 21.7 Å². The highest BCUT2D eigenvalue weighted by atomic mass is 32.2. The number of esters is 1. The number of aromatic nitrogens is 3. The molecule has 2 aromatic carbocycles. The molecule has 0 saturated carbocycles. The SMILES string of the molecule is COC(=O)C1CC(n2cnnc2)CCN1c1ccc(CN2C(C)CCC(c3ccccc3)S2(=O)=O)c(F)c1. The second kappa shape index (κ2) is 10.8. The minimum absolute atomic E-state index is 0.0258. The van der Waals surface area contributed by atoms with Gasteiger partial charge in [0.2, 0.25) is 10.0 Å². The minimum Gasteiger partial charge on any atom is -0.467 e. The molecule has 0 spiro atoms. The third-order valence-corrected chi connectivity index (χ3v) is 10.2. The summed E-state index contributed by atoms with van der Waals surface area (Å²) in [5.41, 5.74) is 1.61. The molecule has 0 bridgehead atoms. The van der Waals surface area contributed by atoms with E-state index in [2.05, 4.69) is 10.2 Å². The van der Waals surface area contributed by atoms with Crippen LogP contribution in [0.1, 0.15) is 55.0 Å². The van der Waals surface area contributed by atoms with Gasteiger partial charge in [-0.1, -0.05) is 36.4 Å². The van der Waals surface area contributed by atoms with E-state index in [0.29, 0.717) is 37.1 Å². The number of hydrogen-bond donors (Lipinski definition) is 0. The van der Waals surface area contributed by atoms with Gasteiger partial charge < -0.3 is 14.2 Å². The molecule has 4 atom stereocenters. The fourth-order valence-corrected chi connectivity index (χ4v) is 7.83. The molecule has 2 aliphatic rings. The van der Waals surface area contributed by atoms with Crippen LogP contribution >= 0.6 is 0 Å².